The number of benzene rings is 2. The molecule has 132 valence electrons. The number of nitrogens with zero attached hydrogens (tertiary/aromatic N) is 2. The summed E-state index contributed by atoms with van der Waals surface area (Å²) >= 11 is 12.2. The van der Waals surface area contributed by atoms with E-state index in [4.69, 9.17) is 23.2 Å². The van der Waals surface area contributed by atoms with Gasteiger partial charge in [-0.25, -0.2) is 0 Å². The molecule has 2 aromatic carbocycles. The highest BCUT2D eigenvalue weighted by Gasteiger charge is 2.23. The van der Waals surface area contributed by atoms with Crippen LogP contribution in [0.2, 0.25) is 10.0 Å². The lowest BCUT2D eigenvalue weighted by atomic mass is 10.0. The minimum absolute atomic E-state index is 0.127. The first-order valence-corrected chi connectivity index (χ1v) is 9.22. The average Bonchev–Trinajstić information content (AvgIpc) is 2.57. The van der Waals surface area contributed by atoms with Gasteiger partial charge in [-0.2, -0.15) is 0 Å². The molecule has 0 bridgehead atoms. The van der Waals surface area contributed by atoms with Crippen LogP contribution in [0.25, 0.3) is 0 Å². The van der Waals surface area contributed by atoms with Crippen LogP contribution in [-0.4, -0.2) is 41.9 Å². The molecule has 0 spiro atoms. The number of hydrogen-bond acceptors (Lipinski definition) is 2. The van der Waals surface area contributed by atoms with E-state index in [0.29, 0.717) is 10.0 Å². The maximum atomic E-state index is 12.8. The van der Waals surface area contributed by atoms with E-state index in [1.165, 1.54) is 5.56 Å². The zero-order valence-corrected chi connectivity index (χ0v) is 16.1. The lowest BCUT2D eigenvalue weighted by Crippen LogP contribution is -2.48. The predicted octanol–water partition coefficient (Wildman–Crippen LogP) is 4.57. The molecule has 1 aliphatic rings. The third-order valence-corrected chi connectivity index (χ3v) is 5.27. The van der Waals surface area contributed by atoms with Crippen molar-refractivity contribution in [3.8, 4) is 0 Å². The summed E-state index contributed by atoms with van der Waals surface area (Å²) in [5.41, 5.74) is 4.10. The Morgan fingerprint density at radius 3 is 2.36 bits per heavy atom. The first-order valence-electron chi connectivity index (χ1n) is 8.47. The molecule has 1 amide bonds. The minimum atomic E-state index is 0.127. The van der Waals surface area contributed by atoms with Crippen LogP contribution in [-0.2, 0) is 6.54 Å². The first-order chi connectivity index (χ1) is 11.9. The summed E-state index contributed by atoms with van der Waals surface area (Å²) in [4.78, 5) is 17.0. The molecule has 0 unspecified atom stereocenters. The maximum absolute atomic E-state index is 12.8. The highest BCUT2D eigenvalue weighted by molar-refractivity contribution is 6.35. The summed E-state index contributed by atoms with van der Waals surface area (Å²) in [7, 11) is 0. The third kappa shape index (κ3) is 4.35. The van der Waals surface area contributed by atoms with E-state index < -0.39 is 0 Å². The first kappa shape index (κ1) is 18.2. The summed E-state index contributed by atoms with van der Waals surface area (Å²) in [6.07, 6.45) is 0. The largest absolute Gasteiger partial charge is 0.336 e. The summed E-state index contributed by atoms with van der Waals surface area (Å²) in [6, 6.07) is 11.6. The van der Waals surface area contributed by atoms with Gasteiger partial charge in [0.05, 0.1) is 0 Å². The number of hydrogen-bond donors (Lipinski definition) is 0. The van der Waals surface area contributed by atoms with Crippen LogP contribution < -0.4 is 0 Å². The number of halogens is 2. The van der Waals surface area contributed by atoms with Crippen LogP contribution in [0.3, 0.4) is 0 Å². The van der Waals surface area contributed by atoms with Gasteiger partial charge < -0.3 is 4.90 Å². The van der Waals surface area contributed by atoms with Crippen LogP contribution in [0.5, 0.6) is 0 Å². The highest BCUT2D eigenvalue weighted by atomic mass is 35.5. The molecule has 0 N–H and O–H groups in total. The van der Waals surface area contributed by atoms with Gasteiger partial charge >= 0.3 is 0 Å². The molecule has 3 nitrogen and oxygen atoms in total. The van der Waals surface area contributed by atoms with Crippen molar-refractivity contribution in [2.45, 2.75) is 20.4 Å². The van der Waals surface area contributed by atoms with Crippen LogP contribution in [0, 0.1) is 13.8 Å². The lowest BCUT2D eigenvalue weighted by Gasteiger charge is -2.35. The molecule has 0 aliphatic carbocycles. The second kappa shape index (κ2) is 7.77. The van der Waals surface area contributed by atoms with E-state index in [2.05, 4.69) is 11.0 Å². The van der Waals surface area contributed by atoms with Crippen molar-refractivity contribution in [3.63, 3.8) is 0 Å². The van der Waals surface area contributed by atoms with Crippen molar-refractivity contribution in [1.29, 1.82) is 0 Å². The number of amides is 1. The van der Waals surface area contributed by atoms with Gasteiger partial charge in [0.15, 0.2) is 0 Å². The molecular weight excluding hydrogens is 355 g/mol. The minimum Gasteiger partial charge on any atom is -0.336 e. The number of carbonyl (C=O) groups is 1. The van der Waals surface area contributed by atoms with Crippen LogP contribution in [0.15, 0.2) is 36.4 Å². The number of piperazine rings is 1. The topological polar surface area (TPSA) is 23.6 Å². The predicted molar refractivity (Wildman–Crippen MR) is 104 cm³/mol. The molecule has 1 aliphatic heterocycles. The van der Waals surface area contributed by atoms with Crippen LogP contribution in [0.1, 0.15) is 27.0 Å². The van der Waals surface area contributed by atoms with Crippen LogP contribution >= 0.6 is 23.2 Å². The summed E-state index contributed by atoms with van der Waals surface area (Å²) in [5, 5.41) is 1.35. The molecule has 3 rings (SSSR count). The van der Waals surface area contributed by atoms with E-state index in [1.807, 2.05) is 43.0 Å². The van der Waals surface area contributed by atoms with Gasteiger partial charge in [-0.3, -0.25) is 9.69 Å². The number of rotatable bonds is 3. The Labute approximate surface area is 159 Å². The van der Waals surface area contributed by atoms with Gasteiger partial charge in [0.1, 0.15) is 0 Å². The fraction of sp³-hybridized carbons (Fsp3) is 0.350. The average molecular weight is 377 g/mol. The normalized spacial score (nSPS) is 15.4. The quantitative estimate of drug-likeness (QED) is 0.783. The van der Waals surface area contributed by atoms with Gasteiger partial charge in [-0.15, -0.1) is 0 Å². The van der Waals surface area contributed by atoms with Crippen LogP contribution in [0.4, 0.5) is 0 Å². The maximum Gasteiger partial charge on any atom is 0.254 e. The molecule has 25 heavy (non-hydrogen) atoms. The van der Waals surface area contributed by atoms with Crippen molar-refractivity contribution < 1.29 is 4.79 Å². The molecule has 5 heteroatoms. The van der Waals surface area contributed by atoms with E-state index in [1.54, 1.807) is 6.07 Å². The van der Waals surface area contributed by atoms with E-state index >= 15 is 0 Å². The lowest BCUT2D eigenvalue weighted by molar-refractivity contribution is 0.0628. The summed E-state index contributed by atoms with van der Waals surface area (Å²) in [6.45, 7) is 7.97. The van der Waals surface area contributed by atoms with Gasteiger partial charge in [-0.1, -0.05) is 47.0 Å². The summed E-state index contributed by atoms with van der Waals surface area (Å²) in [5.74, 6) is 0.127. The molecule has 2 aromatic rings. The fourth-order valence-electron chi connectivity index (χ4n) is 3.22. The van der Waals surface area contributed by atoms with Crippen molar-refractivity contribution >= 4 is 29.1 Å². The molecule has 1 heterocycles. The Kier molecular flexibility index (Phi) is 5.67. The van der Waals surface area contributed by atoms with Gasteiger partial charge in [-0.05, 0) is 43.2 Å². The van der Waals surface area contributed by atoms with E-state index in [0.717, 1.165) is 49.4 Å². The Morgan fingerprint density at radius 1 is 1.00 bits per heavy atom. The van der Waals surface area contributed by atoms with E-state index in [-0.39, 0.29) is 5.91 Å². The monoisotopic (exact) mass is 376 g/mol. The molecule has 0 aromatic heterocycles. The Morgan fingerprint density at radius 2 is 1.72 bits per heavy atom. The van der Waals surface area contributed by atoms with Crippen molar-refractivity contribution in [2.75, 3.05) is 26.2 Å². The molecule has 0 saturated carbocycles. The Hall–Kier alpha value is -1.55. The zero-order valence-electron chi connectivity index (χ0n) is 14.6. The molecule has 1 saturated heterocycles. The van der Waals surface area contributed by atoms with Gasteiger partial charge in [0, 0.05) is 48.3 Å². The van der Waals surface area contributed by atoms with Crippen molar-refractivity contribution in [2.24, 2.45) is 0 Å². The summed E-state index contributed by atoms with van der Waals surface area (Å²) < 4.78 is 0. The zero-order chi connectivity index (χ0) is 18.0. The number of carbonyl (C=O) groups excluding carboxylic acids is 1. The Bertz CT molecular complexity index is 783. The van der Waals surface area contributed by atoms with E-state index in [9.17, 15) is 4.79 Å². The van der Waals surface area contributed by atoms with Crippen molar-refractivity contribution in [3.05, 3.63) is 68.7 Å². The van der Waals surface area contributed by atoms with Gasteiger partial charge in [0.2, 0.25) is 0 Å². The smallest absolute Gasteiger partial charge is 0.254 e. The fourth-order valence-corrected chi connectivity index (χ4v) is 3.69. The molecular formula is C20H22Cl2N2O. The standard InChI is InChI=1S/C20H22Cl2N2O/c1-14-3-6-18(15(2)11-14)20(25)24-9-7-23(8-10-24)13-16-4-5-17(21)12-19(16)22/h3-6,11-12H,7-10,13H2,1-2H3. The third-order valence-electron chi connectivity index (χ3n) is 4.68. The second-order valence-electron chi connectivity index (χ2n) is 6.62. The SMILES string of the molecule is Cc1ccc(C(=O)N2CCN(Cc3ccc(Cl)cc3Cl)CC2)c(C)c1. The van der Waals surface area contributed by atoms with Crippen molar-refractivity contribution in [1.82, 2.24) is 9.80 Å². The highest BCUT2D eigenvalue weighted by Crippen LogP contribution is 2.23. The molecule has 0 atom stereocenters. The second-order valence-corrected chi connectivity index (χ2v) is 7.47. The number of aryl methyl sites for hydroxylation is 2. The van der Waals surface area contributed by atoms with Gasteiger partial charge in [0.25, 0.3) is 5.91 Å². The molecule has 1 fully saturated rings. The Balaban J connectivity index is 1.60. The molecule has 0 radical (unpaired) electrons.